The molecule has 1 fully saturated rings. The van der Waals surface area contributed by atoms with Crippen molar-refractivity contribution in [1.82, 2.24) is 19.7 Å². The van der Waals surface area contributed by atoms with Crippen molar-refractivity contribution >= 4 is 11.6 Å². The van der Waals surface area contributed by atoms with Crippen molar-refractivity contribution < 1.29 is 4.74 Å². The topological polar surface area (TPSA) is 82.1 Å². The molecule has 1 saturated heterocycles. The second-order valence-electron chi connectivity index (χ2n) is 5.09. The molecular formula is C14H20N6O. The van der Waals surface area contributed by atoms with Crippen LogP contribution in [-0.4, -0.2) is 39.4 Å². The van der Waals surface area contributed by atoms with E-state index in [-0.39, 0.29) is 0 Å². The van der Waals surface area contributed by atoms with E-state index in [0.29, 0.717) is 24.3 Å². The maximum Gasteiger partial charge on any atom is 0.218 e. The average molecular weight is 288 g/mol. The molecule has 112 valence electrons. The summed E-state index contributed by atoms with van der Waals surface area (Å²) in [5, 5.41) is 4.30. The number of hydrogen-bond acceptors (Lipinski definition) is 6. The molecule has 2 aromatic heterocycles. The Kier molecular flexibility index (Phi) is 3.89. The Labute approximate surface area is 123 Å². The number of nitrogens with zero attached hydrogens (tertiary/aromatic N) is 5. The van der Waals surface area contributed by atoms with Gasteiger partial charge >= 0.3 is 0 Å². The van der Waals surface area contributed by atoms with Crippen LogP contribution < -0.4 is 15.4 Å². The van der Waals surface area contributed by atoms with Crippen molar-refractivity contribution in [2.75, 3.05) is 30.3 Å². The summed E-state index contributed by atoms with van der Waals surface area (Å²) in [7, 11) is 0. The van der Waals surface area contributed by atoms with E-state index in [0.717, 1.165) is 31.7 Å². The van der Waals surface area contributed by atoms with Crippen molar-refractivity contribution in [3.8, 4) is 5.88 Å². The van der Waals surface area contributed by atoms with Gasteiger partial charge in [-0.3, -0.25) is 4.68 Å². The zero-order chi connectivity index (χ0) is 14.7. The summed E-state index contributed by atoms with van der Waals surface area (Å²) in [5.74, 6) is 2.13. The largest absolute Gasteiger partial charge is 0.478 e. The zero-order valence-corrected chi connectivity index (χ0v) is 12.1. The molecule has 0 atom stereocenters. The first-order valence-electron chi connectivity index (χ1n) is 7.26. The van der Waals surface area contributed by atoms with Crippen LogP contribution in [0.1, 0.15) is 25.8 Å². The Bertz CT molecular complexity index is 591. The van der Waals surface area contributed by atoms with Crippen molar-refractivity contribution in [3.05, 3.63) is 24.7 Å². The van der Waals surface area contributed by atoms with Crippen LogP contribution in [0, 0.1) is 0 Å². The van der Waals surface area contributed by atoms with E-state index < -0.39 is 0 Å². The predicted octanol–water partition coefficient (Wildman–Crippen LogP) is 1.50. The zero-order valence-electron chi connectivity index (χ0n) is 12.1. The van der Waals surface area contributed by atoms with E-state index in [1.807, 2.05) is 29.9 Å². The number of nitrogens with two attached hydrogens (primary N) is 1. The summed E-state index contributed by atoms with van der Waals surface area (Å²) in [5.41, 5.74) is 5.68. The number of rotatable bonds is 4. The van der Waals surface area contributed by atoms with Gasteiger partial charge in [0.25, 0.3) is 0 Å². The third kappa shape index (κ3) is 3.07. The second-order valence-corrected chi connectivity index (χ2v) is 5.09. The Hall–Kier alpha value is -2.31. The predicted molar refractivity (Wildman–Crippen MR) is 80.3 cm³/mol. The SMILES string of the molecule is CCOc1cc(N2CCC(n3ccc(N)n3)CC2)ncn1. The van der Waals surface area contributed by atoms with Crippen LogP contribution in [0.3, 0.4) is 0 Å². The number of nitrogen functional groups attached to an aromatic ring is 1. The average Bonchev–Trinajstić information content (AvgIpc) is 2.95. The number of anilines is 2. The minimum Gasteiger partial charge on any atom is -0.478 e. The molecule has 0 unspecified atom stereocenters. The lowest BCUT2D eigenvalue weighted by molar-refractivity contribution is 0.325. The van der Waals surface area contributed by atoms with Crippen LogP contribution in [0.15, 0.2) is 24.7 Å². The first-order valence-corrected chi connectivity index (χ1v) is 7.26. The maximum absolute atomic E-state index is 5.68. The van der Waals surface area contributed by atoms with Crippen LogP contribution in [0.25, 0.3) is 0 Å². The van der Waals surface area contributed by atoms with Gasteiger partial charge in [-0.25, -0.2) is 9.97 Å². The highest BCUT2D eigenvalue weighted by atomic mass is 16.5. The lowest BCUT2D eigenvalue weighted by Gasteiger charge is -2.32. The fourth-order valence-corrected chi connectivity index (χ4v) is 2.65. The molecule has 0 amide bonds. The Balaban J connectivity index is 1.64. The van der Waals surface area contributed by atoms with E-state index in [1.165, 1.54) is 0 Å². The van der Waals surface area contributed by atoms with Gasteiger partial charge in [-0.05, 0) is 25.8 Å². The van der Waals surface area contributed by atoms with Gasteiger partial charge < -0.3 is 15.4 Å². The molecule has 0 spiro atoms. The Morgan fingerprint density at radius 1 is 1.33 bits per heavy atom. The second kappa shape index (κ2) is 5.99. The lowest BCUT2D eigenvalue weighted by atomic mass is 10.1. The van der Waals surface area contributed by atoms with Crippen molar-refractivity contribution in [1.29, 1.82) is 0 Å². The van der Waals surface area contributed by atoms with Crippen molar-refractivity contribution in [2.24, 2.45) is 0 Å². The van der Waals surface area contributed by atoms with Gasteiger partial charge in [-0.15, -0.1) is 0 Å². The first-order chi connectivity index (χ1) is 10.3. The van der Waals surface area contributed by atoms with Crippen LogP contribution in [-0.2, 0) is 0 Å². The maximum atomic E-state index is 5.68. The van der Waals surface area contributed by atoms with Gasteiger partial charge in [0.15, 0.2) is 0 Å². The molecule has 0 aromatic carbocycles. The smallest absolute Gasteiger partial charge is 0.218 e. The number of hydrogen-bond donors (Lipinski definition) is 1. The van der Waals surface area contributed by atoms with Gasteiger partial charge in [0.1, 0.15) is 18.0 Å². The van der Waals surface area contributed by atoms with Crippen LogP contribution in [0.2, 0.25) is 0 Å². The van der Waals surface area contributed by atoms with E-state index in [9.17, 15) is 0 Å². The molecule has 0 aliphatic carbocycles. The minimum absolute atomic E-state index is 0.409. The van der Waals surface area contributed by atoms with E-state index in [2.05, 4.69) is 20.0 Å². The fraction of sp³-hybridized carbons (Fsp3) is 0.500. The first kappa shape index (κ1) is 13.7. The standard InChI is InChI=1S/C14H20N6O/c1-2-21-14-9-13(16-10-17-14)19-6-3-11(4-7-19)20-8-5-12(15)18-20/h5,8-11H,2-4,6-7H2,1H3,(H2,15,18). The quantitative estimate of drug-likeness (QED) is 0.918. The van der Waals surface area contributed by atoms with Crippen LogP contribution in [0.5, 0.6) is 5.88 Å². The summed E-state index contributed by atoms with van der Waals surface area (Å²) in [6, 6.07) is 4.15. The van der Waals surface area contributed by atoms with Crippen LogP contribution in [0.4, 0.5) is 11.6 Å². The molecule has 0 saturated carbocycles. The normalized spacial score (nSPS) is 16.1. The van der Waals surface area contributed by atoms with Crippen molar-refractivity contribution in [3.63, 3.8) is 0 Å². The molecule has 21 heavy (non-hydrogen) atoms. The number of piperidine rings is 1. The molecule has 7 heteroatoms. The molecule has 2 aromatic rings. The monoisotopic (exact) mass is 288 g/mol. The summed E-state index contributed by atoms with van der Waals surface area (Å²) < 4.78 is 7.40. The molecule has 3 heterocycles. The molecule has 7 nitrogen and oxygen atoms in total. The van der Waals surface area contributed by atoms with Gasteiger partial charge in [-0.1, -0.05) is 0 Å². The Morgan fingerprint density at radius 2 is 2.14 bits per heavy atom. The molecule has 2 N–H and O–H groups in total. The molecule has 0 bridgehead atoms. The van der Waals surface area contributed by atoms with Crippen LogP contribution >= 0.6 is 0 Å². The minimum atomic E-state index is 0.409. The number of aromatic nitrogens is 4. The van der Waals surface area contributed by atoms with Gasteiger partial charge in [-0.2, -0.15) is 5.10 Å². The molecule has 1 aliphatic heterocycles. The molecule has 0 radical (unpaired) electrons. The number of ether oxygens (including phenoxy) is 1. The van der Waals surface area contributed by atoms with E-state index in [4.69, 9.17) is 10.5 Å². The third-order valence-corrected chi connectivity index (χ3v) is 3.71. The summed E-state index contributed by atoms with van der Waals surface area (Å²) in [4.78, 5) is 10.7. The van der Waals surface area contributed by atoms with Gasteiger partial charge in [0, 0.05) is 25.4 Å². The molecular weight excluding hydrogens is 268 g/mol. The highest BCUT2D eigenvalue weighted by Crippen LogP contribution is 2.26. The Morgan fingerprint density at radius 3 is 2.81 bits per heavy atom. The van der Waals surface area contributed by atoms with Gasteiger partial charge in [0.05, 0.1) is 12.6 Å². The summed E-state index contributed by atoms with van der Waals surface area (Å²) in [6.07, 6.45) is 5.55. The highest BCUT2D eigenvalue weighted by Gasteiger charge is 2.22. The lowest BCUT2D eigenvalue weighted by Crippen LogP contribution is -2.35. The third-order valence-electron chi connectivity index (χ3n) is 3.71. The highest BCUT2D eigenvalue weighted by molar-refractivity contribution is 5.41. The van der Waals surface area contributed by atoms with E-state index in [1.54, 1.807) is 6.33 Å². The van der Waals surface area contributed by atoms with Crippen molar-refractivity contribution in [2.45, 2.75) is 25.8 Å². The van der Waals surface area contributed by atoms with Gasteiger partial charge in [0.2, 0.25) is 5.88 Å². The molecule has 3 rings (SSSR count). The fourth-order valence-electron chi connectivity index (χ4n) is 2.65. The summed E-state index contributed by atoms with van der Waals surface area (Å²) in [6.45, 7) is 4.43. The van der Waals surface area contributed by atoms with E-state index >= 15 is 0 Å². The molecule has 1 aliphatic rings. The summed E-state index contributed by atoms with van der Waals surface area (Å²) >= 11 is 0.